The van der Waals surface area contributed by atoms with E-state index < -0.39 is 17.2 Å². The molecule has 10 nitrogen and oxygen atoms in total. The summed E-state index contributed by atoms with van der Waals surface area (Å²) in [6.45, 7) is 2.95. The summed E-state index contributed by atoms with van der Waals surface area (Å²) in [6, 6.07) is 4.98. The Hall–Kier alpha value is -3.53. The van der Waals surface area contributed by atoms with Crippen molar-refractivity contribution < 1.29 is 14.3 Å². The van der Waals surface area contributed by atoms with Crippen LogP contribution in [0.2, 0.25) is 0 Å². The molecule has 32 heavy (non-hydrogen) atoms. The molecule has 0 radical (unpaired) electrons. The highest BCUT2D eigenvalue weighted by atomic mass is 16.5. The van der Waals surface area contributed by atoms with Gasteiger partial charge in [-0.15, -0.1) is 0 Å². The quantitative estimate of drug-likeness (QED) is 0.488. The topological polar surface area (TPSA) is 128 Å². The van der Waals surface area contributed by atoms with Crippen molar-refractivity contribution in [3.05, 3.63) is 56.5 Å². The predicted molar refractivity (Wildman–Crippen MR) is 118 cm³/mol. The van der Waals surface area contributed by atoms with Gasteiger partial charge in [0.2, 0.25) is 5.88 Å². The van der Waals surface area contributed by atoms with Crippen LogP contribution < -0.4 is 21.3 Å². The van der Waals surface area contributed by atoms with Gasteiger partial charge in [-0.1, -0.05) is 6.92 Å². The van der Waals surface area contributed by atoms with E-state index in [-0.39, 0.29) is 35.0 Å². The van der Waals surface area contributed by atoms with Gasteiger partial charge in [-0.3, -0.25) is 19.1 Å². The van der Waals surface area contributed by atoms with E-state index in [0.717, 1.165) is 12.8 Å². The summed E-state index contributed by atoms with van der Waals surface area (Å²) in [5, 5.41) is 2.88. The normalized spacial score (nSPS) is 13.3. The number of carbonyl (C=O) groups excluding carboxylic acids is 1. The SMILES string of the molecule is CCCn1c(=O)[nH]c(=O)c2c(C(=O)Nc3cccnc3OCCOC)cc(C3CC3)nc21. The number of amides is 1. The molecule has 0 aromatic carbocycles. The first-order chi connectivity index (χ1) is 15.5. The van der Waals surface area contributed by atoms with Crippen molar-refractivity contribution >= 4 is 22.6 Å². The van der Waals surface area contributed by atoms with E-state index in [4.69, 9.17) is 9.47 Å². The molecule has 0 atom stereocenters. The molecule has 0 spiro atoms. The summed E-state index contributed by atoms with van der Waals surface area (Å²) in [7, 11) is 1.56. The lowest BCUT2D eigenvalue weighted by Crippen LogP contribution is -2.32. The molecule has 3 heterocycles. The van der Waals surface area contributed by atoms with Crippen LogP contribution in [0.1, 0.15) is 48.2 Å². The van der Waals surface area contributed by atoms with E-state index >= 15 is 0 Å². The molecule has 1 aliphatic rings. The number of nitrogens with one attached hydrogen (secondary N) is 2. The minimum Gasteiger partial charge on any atom is -0.474 e. The lowest BCUT2D eigenvalue weighted by Gasteiger charge is -2.14. The van der Waals surface area contributed by atoms with Gasteiger partial charge >= 0.3 is 5.69 Å². The first kappa shape index (κ1) is 21.7. The van der Waals surface area contributed by atoms with Crippen LogP contribution >= 0.6 is 0 Å². The zero-order valence-corrected chi connectivity index (χ0v) is 18.0. The van der Waals surface area contributed by atoms with Crippen LogP contribution in [0.25, 0.3) is 11.0 Å². The fourth-order valence-corrected chi connectivity index (χ4v) is 3.50. The van der Waals surface area contributed by atoms with Crippen LogP contribution in [-0.4, -0.2) is 45.7 Å². The summed E-state index contributed by atoms with van der Waals surface area (Å²) in [5.74, 6) is -0.0340. The van der Waals surface area contributed by atoms with Crippen LogP contribution in [0.15, 0.2) is 34.0 Å². The maximum Gasteiger partial charge on any atom is 0.329 e. The maximum atomic E-state index is 13.3. The lowest BCUT2D eigenvalue weighted by molar-refractivity contribution is 0.102. The number of pyridine rings is 2. The molecule has 1 aliphatic carbocycles. The molecular weight excluding hydrogens is 414 g/mol. The number of hydrogen-bond donors (Lipinski definition) is 2. The van der Waals surface area contributed by atoms with E-state index in [0.29, 0.717) is 31.0 Å². The molecule has 10 heteroatoms. The van der Waals surface area contributed by atoms with Crippen molar-refractivity contribution in [1.82, 2.24) is 19.5 Å². The van der Waals surface area contributed by atoms with Crippen molar-refractivity contribution in [3.8, 4) is 5.88 Å². The molecule has 0 unspecified atom stereocenters. The summed E-state index contributed by atoms with van der Waals surface area (Å²) in [4.78, 5) is 49.6. The third-order valence-corrected chi connectivity index (χ3v) is 5.20. The summed E-state index contributed by atoms with van der Waals surface area (Å²) >= 11 is 0. The standard InChI is InChI=1S/C22H25N5O5/c1-3-9-27-18-17(20(29)26-22(27)30)14(12-16(24-18)13-6-7-13)19(28)25-15-5-4-8-23-21(15)32-11-10-31-2/h4-5,8,12-13H,3,6-7,9-11H2,1-2H3,(H,25,28)(H,26,29,30). The largest absolute Gasteiger partial charge is 0.474 e. The van der Waals surface area contributed by atoms with Crippen LogP contribution in [0.3, 0.4) is 0 Å². The van der Waals surface area contributed by atoms with Gasteiger partial charge < -0.3 is 14.8 Å². The molecule has 0 aliphatic heterocycles. The molecule has 1 amide bonds. The molecule has 0 saturated heterocycles. The van der Waals surface area contributed by atoms with Gasteiger partial charge in [0, 0.05) is 31.5 Å². The van der Waals surface area contributed by atoms with Crippen LogP contribution in [0, 0.1) is 0 Å². The second-order valence-corrected chi connectivity index (χ2v) is 7.63. The second kappa shape index (κ2) is 9.31. The number of H-pyrrole nitrogens is 1. The van der Waals surface area contributed by atoms with E-state index in [1.807, 2.05) is 6.92 Å². The molecular formula is C22H25N5O5. The fourth-order valence-electron chi connectivity index (χ4n) is 3.50. The first-order valence-electron chi connectivity index (χ1n) is 10.6. The van der Waals surface area contributed by atoms with Gasteiger partial charge in [-0.05, 0) is 37.5 Å². The van der Waals surface area contributed by atoms with Crippen LogP contribution in [0.4, 0.5) is 5.69 Å². The molecule has 0 bridgehead atoms. The Balaban J connectivity index is 1.79. The lowest BCUT2D eigenvalue weighted by atomic mass is 10.1. The van der Waals surface area contributed by atoms with Gasteiger partial charge in [0.15, 0.2) is 5.65 Å². The zero-order chi connectivity index (χ0) is 22.7. The van der Waals surface area contributed by atoms with E-state index in [1.54, 1.807) is 31.5 Å². The Kier molecular flexibility index (Phi) is 6.31. The molecule has 2 N–H and O–H groups in total. The minimum atomic E-state index is -0.639. The highest BCUT2D eigenvalue weighted by Crippen LogP contribution is 2.40. The zero-order valence-electron chi connectivity index (χ0n) is 18.0. The highest BCUT2D eigenvalue weighted by molar-refractivity contribution is 6.12. The number of hydrogen-bond acceptors (Lipinski definition) is 7. The van der Waals surface area contributed by atoms with Gasteiger partial charge in [0.05, 0.1) is 17.6 Å². The Bertz CT molecular complexity index is 1260. The van der Waals surface area contributed by atoms with Gasteiger partial charge in [-0.2, -0.15) is 0 Å². The predicted octanol–water partition coefficient (Wildman–Crippen LogP) is 2.04. The van der Waals surface area contributed by atoms with Crippen LogP contribution in [-0.2, 0) is 11.3 Å². The first-order valence-corrected chi connectivity index (χ1v) is 10.6. The number of aromatic nitrogens is 4. The van der Waals surface area contributed by atoms with Crippen molar-refractivity contribution in [2.75, 3.05) is 25.6 Å². The number of fused-ring (bicyclic) bond motifs is 1. The number of ether oxygens (including phenoxy) is 2. The Morgan fingerprint density at radius 1 is 1.31 bits per heavy atom. The van der Waals surface area contributed by atoms with Crippen molar-refractivity contribution in [1.29, 1.82) is 0 Å². The summed E-state index contributed by atoms with van der Waals surface area (Å²) in [5.41, 5.74) is 0.301. The van der Waals surface area contributed by atoms with E-state index in [1.165, 1.54) is 4.57 Å². The molecule has 1 saturated carbocycles. The van der Waals surface area contributed by atoms with E-state index in [9.17, 15) is 14.4 Å². The molecule has 3 aromatic rings. The molecule has 1 fully saturated rings. The molecule has 3 aromatic heterocycles. The highest BCUT2D eigenvalue weighted by Gasteiger charge is 2.29. The Morgan fingerprint density at radius 2 is 2.12 bits per heavy atom. The summed E-state index contributed by atoms with van der Waals surface area (Å²) < 4.78 is 12.0. The number of anilines is 1. The minimum absolute atomic E-state index is 0.0886. The second-order valence-electron chi connectivity index (χ2n) is 7.63. The fraction of sp³-hybridized carbons (Fsp3) is 0.409. The molecule has 4 rings (SSSR count). The maximum absolute atomic E-state index is 13.3. The Labute approximate surface area is 183 Å². The number of carbonyl (C=O) groups is 1. The number of rotatable bonds is 9. The average molecular weight is 439 g/mol. The van der Waals surface area contributed by atoms with E-state index in [2.05, 4.69) is 20.3 Å². The third-order valence-electron chi connectivity index (χ3n) is 5.20. The average Bonchev–Trinajstić information content (AvgIpc) is 3.62. The van der Waals surface area contributed by atoms with Crippen molar-refractivity contribution in [2.24, 2.45) is 0 Å². The van der Waals surface area contributed by atoms with Crippen molar-refractivity contribution in [3.63, 3.8) is 0 Å². The monoisotopic (exact) mass is 439 g/mol. The number of aryl methyl sites for hydroxylation is 1. The van der Waals surface area contributed by atoms with Gasteiger partial charge in [0.25, 0.3) is 11.5 Å². The third kappa shape index (κ3) is 4.40. The smallest absolute Gasteiger partial charge is 0.329 e. The van der Waals surface area contributed by atoms with Gasteiger partial charge in [-0.25, -0.2) is 14.8 Å². The number of nitrogens with zero attached hydrogens (tertiary/aromatic N) is 3. The summed E-state index contributed by atoms with van der Waals surface area (Å²) in [6.07, 6.45) is 4.15. The van der Waals surface area contributed by atoms with Crippen LogP contribution in [0.5, 0.6) is 5.88 Å². The van der Waals surface area contributed by atoms with Crippen molar-refractivity contribution in [2.45, 2.75) is 38.6 Å². The van der Waals surface area contributed by atoms with Gasteiger partial charge in [0.1, 0.15) is 12.3 Å². The number of methoxy groups -OCH3 is 1. The Morgan fingerprint density at radius 3 is 2.84 bits per heavy atom. The number of aromatic amines is 1. The molecule has 168 valence electrons.